The maximum atomic E-state index is 8.67. The van der Waals surface area contributed by atoms with Crippen LogP contribution in [0.1, 0.15) is 0 Å². The predicted molar refractivity (Wildman–Crippen MR) is 13.4 cm³/mol. The van der Waals surface area contributed by atoms with Crippen LogP contribution < -0.4 is 0 Å². The molecule has 0 aliphatic heterocycles. The molecule has 0 bridgehead atoms. The van der Waals surface area contributed by atoms with Gasteiger partial charge in [-0.15, -0.1) is 0 Å². The van der Waals surface area contributed by atoms with Crippen LogP contribution in [0.25, 0.3) is 0 Å². The fourth-order valence-electron chi connectivity index (χ4n) is 0. The molecule has 0 amide bonds. The topological polar surface area (TPSA) is 57.5 Å². The van der Waals surface area contributed by atoms with Gasteiger partial charge >= 0.3 is 0 Å². The summed E-state index contributed by atoms with van der Waals surface area (Å²) in [5, 5.41) is 0. The normalized spacial score (nSPS) is 7.00. The zero-order valence-corrected chi connectivity index (χ0v) is 6.20. The monoisotopic (exact) mass is 146 g/mol. The molecule has 0 fully saturated rings. The van der Waals surface area contributed by atoms with Gasteiger partial charge < -0.3 is 0 Å². The summed E-state index contributed by atoms with van der Waals surface area (Å²) in [4.78, 5) is 0. The maximum absolute atomic E-state index is 8.67. The van der Waals surface area contributed by atoms with E-state index in [1.807, 2.05) is 0 Å². The van der Waals surface area contributed by atoms with Crippen molar-refractivity contribution in [1.82, 2.24) is 0 Å². The molecule has 0 heterocycles. The van der Waals surface area contributed by atoms with Crippen molar-refractivity contribution in [3.8, 4) is 0 Å². The standard InChI is InChI=1S/H2O3S.Zn/c1-4(2)3;/h(H2,1,2,3);. The van der Waals surface area contributed by atoms with Crippen molar-refractivity contribution < 1.29 is 32.8 Å². The quantitative estimate of drug-likeness (QED) is 0.365. The van der Waals surface area contributed by atoms with Gasteiger partial charge in [-0.2, -0.15) is 4.21 Å². The van der Waals surface area contributed by atoms with E-state index in [9.17, 15) is 0 Å². The molecule has 28 valence electrons. The molecule has 5 heteroatoms. The van der Waals surface area contributed by atoms with Crippen LogP contribution in [-0.4, -0.2) is 13.3 Å². The Bertz CT molecular complexity index is 29.9. The van der Waals surface area contributed by atoms with Crippen molar-refractivity contribution in [2.75, 3.05) is 0 Å². The summed E-state index contributed by atoms with van der Waals surface area (Å²) < 4.78 is 22.8. The molecule has 0 aliphatic carbocycles. The molecule has 2 N–H and O–H groups in total. The van der Waals surface area contributed by atoms with Gasteiger partial charge in [0.05, 0.1) is 0 Å². The molecule has 0 saturated heterocycles. The Morgan fingerprint density at radius 1 is 1.40 bits per heavy atom. The van der Waals surface area contributed by atoms with E-state index in [0.717, 1.165) is 0 Å². The van der Waals surface area contributed by atoms with Gasteiger partial charge in [0.15, 0.2) is 0 Å². The van der Waals surface area contributed by atoms with Crippen LogP contribution in [0.3, 0.4) is 0 Å². The second kappa shape index (κ2) is 4.69. The summed E-state index contributed by atoms with van der Waals surface area (Å²) >= 11 is -2.61. The SMILES string of the molecule is O=S(O)O.[Zn]. The first-order valence-electron chi connectivity index (χ1n) is 0.532. The van der Waals surface area contributed by atoms with Crippen molar-refractivity contribution in [1.29, 1.82) is 0 Å². The molecule has 0 saturated carbocycles. The molecule has 0 spiro atoms. The number of rotatable bonds is 0. The molecule has 0 atom stereocenters. The van der Waals surface area contributed by atoms with Crippen molar-refractivity contribution in [3.63, 3.8) is 0 Å². The van der Waals surface area contributed by atoms with Crippen LogP contribution in [0, 0.1) is 0 Å². The molecule has 3 nitrogen and oxygen atoms in total. The third-order valence-electron chi connectivity index (χ3n) is 0. The molecule has 0 radical (unpaired) electrons. The van der Waals surface area contributed by atoms with Gasteiger partial charge in [0.25, 0.3) is 11.4 Å². The van der Waals surface area contributed by atoms with Gasteiger partial charge in [-0.1, -0.05) is 0 Å². The first-order valence-corrected chi connectivity index (χ1v) is 1.60. The summed E-state index contributed by atoms with van der Waals surface area (Å²) in [6.45, 7) is 0. The minimum Gasteiger partial charge on any atom is -0.284 e. The average molecular weight is 147 g/mol. The first kappa shape index (κ1) is 9.19. The van der Waals surface area contributed by atoms with Crippen LogP contribution >= 0.6 is 0 Å². The maximum Gasteiger partial charge on any atom is 0.299 e. The van der Waals surface area contributed by atoms with Crippen molar-refractivity contribution in [2.24, 2.45) is 0 Å². The molecular formula is H2O3SZn. The van der Waals surface area contributed by atoms with E-state index in [4.69, 9.17) is 13.3 Å². The Labute approximate surface area is 44.6 Å². The largest absolute Gasteiger partial charge is 0.299 e. The third-order valence-corrected chi connectivity index (χ3v) is 0. The van der Waals surface area contributed by atoms with E-state index < -0.39 is 11.4 Å². The van der Waals surface area contributed by atoms with E-state index >= 15 is 0 Å². The molecule has 0 aromatic carbocycles. The Balaban J connectivity index is 0. The van der Waals surface area contributed by atoms with E-state index in [2.05, 4.69) is 0 Å². The van der Waals surface area contributed by atoms with Crippen LogP contribution in [0.4, 0.5) is 0 Å². The molecule has 5 heavy (non-hydrogen) atoms. The molecule has 0 unspecified atom stereocenters. The minimum absolute atomic E-state index is 0. The van der Waals surface area contributed by atoms with Crippen LogP contribution in [-0.2, 0) is 30.8 Å². The van der Waals surface area contributed by atoms with Crippen LogP contribution in [0.2, 0.25) is 0 Å². The molecule has 0 aromatic rings. The molecule has 0 rings (SSSR count). The Morgan fingerprint density at radius 3 is 1.40 bits per heavy atom. The summed E-state index contributed by atoms with van der Waals surface area (Å²) in [6.07, 6.45) is 0. The minimum atomic E-state index is -2.61. The predicted octanol–water partition coefficient (Wildman–Crippen LogP) is -0.321. The van der Waals surface area contributed by atoms with Gasteiger partial charge in [-0.3, -0.25) is 9.11 Å². The van der Waals surface area contributed by atoms with E-state index in [1.54, 1.807) is 0 Å². The van der Waals surface area contributed by atoms with Crippen LogP contribution in [0.15, 0.2) is 0 Å². The molecule has 0 aliphatic rings. The van der Waals surface area contributed by atoms with Gasteiger partial charge in [-0.25, -0.2) is 0 Å². The Hall–Kier alpha value is 0.693. The van der Waals surface area contributed by atoms with E-state index in [-0.39, 0.29) is 19.5 Å². The fourth-order valence-corrected chi connectivity index (χ4v) is 0. The fraction of sp³-hybridized carbons (Fsp3) is 0. The Kier molecular flexibility index (Phi) is 8.63. The number of hydrogen-bond acceptors (Lipinski definition) is 1. The second-order valence-electron chi connectivity index (χ2n) is 0.231. The smallest absolute Gasteiger partial charge is 0.284 e. The first-order chi connectivity index (χ1) is 1.73. The summed E-state index contributed by atoms with van der Waals surface area (Å²) in [5.74, 6) is 0. The second-order valence-corrected chi connectivity index (χ2v) is 0.692. The van der Waals surface area contributed by atoms with Crippen molar-refractivity contribution >= 4 is 11.4 Å². The summed E-state index contributed by atoms with van der Waals surface area (Å²) in [6, 6.07) is 0. The zero-order valence-electron chi connectivity index (χ0n) is 2.42. The molecular weight excluding hydrogens is 145 g/mol. The van der Waals surface area contributed by atoms with E-state index in [0.29, 0.717) is 0 Å². The Morgan fingerprint density at radius 2 is 1.40 bits per heavy atom. The van der Waals surface area contributed by atoms with Gasteiger partial charge in [0, 0.05) is 19.5 Å². The van der Waals surface area contributed by atoms with Crippen molar-refractivity contribution in [2.45, 2.75) is 0 Å². The van der Waals surface area contributed by atoms with Crippen LogP contribution in [0.5, 0.6) is 0 Å². The van der Waals surface area contributed by atoms with E-state index in [1.165, 1.54) is 0 Å². The van der Waals surface area contributed by atoms with Gasteiger partial charge in [0.1, 0.15) is 0 Å². The molecule has 0 aromatic heterocycles. The number of hydrogen-bond donors (Lipinski definition) is 2. The van der Waals surface area contributed by atoms with Gasteiger partial charge in [0.2, 0.25) is 0 Å². The zero-order chi connectivity index (χ0) is 3.58. The average Bonchev–Trinajstić information content (AvgIpc) is 0.811. The summed E-state index contributed by atoms with van der Waals surface area (Å²) in [5.41, 5.74) is 0. The van der Waals surface area contributed by atoms with Crippen molar-refractivity contribution in [3.05, 3.63) is 0 Å². The third kappa shape index (κ3) is 70.8. The van der Waals surface area contributed by atoms with Gasteiger partial charge in [-0.05, 0) is 0 Å². The summed E-state index contributed by atoms with van der Waals surface area (Å²) in [7, 11) is 0.